The minimum atomic E-state index is -1.14. The quantitative estimate of drug-likeness (QED) is 0.489. The molecule has 3 N–H and O–H groups in total. The lowest BCUT2D eigenvalue weighted by molar-refractivity contribution is -0.231. The maximum atomic E-state index is 13.3. The van der Waals surface area contributed by atoms with Crippen LogP contribution in [0.3, 0.4) is 0 Å². The molecule has 11 nitrogen and oxygen atoms in total. The number of aliphatic carboxylic acids is 1. The van der Waals surface area contributed by atoms with Crippen molar-refractivity contribution in [2.75, 3.05) is 0 Å². The minimum Gasteiger partial charge on any atom is -0.480 e. The van der Waals surface area contributed by atoms with E-state index in [1.165, 1.54) is 0 Å². The maximum Gasteiger partial charge on any atom is 0.326 e. The second-order valence-corrected chi connectivity index (χ2v) is 10.4. The molecule has 7 atom stereocenters. The molecule has 3 aliphatic heterocycles. The molecule has 2 amide bonds. The van der Waals surface area contributed by atoms with Gasteiger partial charge < -0.3 is 39.4 Å². The summed E-state index contributed by atoms with van der Waals surface area (Å²) in [5.41, 5.74) is 0. The van der Waals surface area contributed by atoms with Gasteiger partial charge in [0.05, 0.1) is 0 Å². The van der Waals surface area contributed by atoms with Gasteiger partial charge in [-0.2, -0.15) is 0 Å². The second-order valence-electron chi connectivity index (χ2n) is 10.4. The van der Waals surface area contributed by atoms with E-state index >= 15 is 0 Å². The highest BCUT2D eigenvalue weighted by Crippen LogP contribution is 2.44. The van der Waals surface area contributed by atoms with Crippen molar-refractivity contribution < 1.29 is 43.2 Å². The Morgan fingerprint density at radius 2 is 1.27 bits per heavy atom. The Labute approximate surface area is 193 Å². The number of nitrogens with one attached hydrogen (secondary N) is 2. The van der Waals surface area contributed by atoms with Crippen LogP contribution in [0.5, 0.6) is 0 Å². The van der Waals surface area contributed by atoms with Crippen LogP contribution in [0.4, 0.5) is 0 Å². The van der Waals surface area contributed by atoms with E-state index in [0.29, 0.717) is 0 Å². The summed E-state index contributed by atoms with van der Waals surface area (Å²) in [4.78, 5) is 37.7. The average Bonchev–Trinajstić information content (AvgIpc) is 3.15. The lowest BCUT2D eigenvalue weighted by Crippen LogP contribution is -2.62. The van der Waals surface area contributed by atoms with E-state index in [2.05, 4.69) is 10.6 Å². The molecular weight excluding hydrogens is 436 g/mol. The molecule has 0 bridgehead atoms. The van der Waals surface area contributed by atoms with Crippen LogP contribution in [0.1, 0.15) is 55.4 Å². The first kappa shape index (κ1) is 25.8. The number of fused-ring (bicyclic) bond motifs is 3. The van der Waals surface area contributed by atoms with Gasteiger partial charge in [-0.1, -0.05) is 27.7 Å². The third-order valence-corrected chi connectivity index (χ3v) is 5.89. The fourth-order valence-corrected chi connectivity index (χ4v) is 4.35. The predicted molar refractivity (Wildman–Crippen MR) is 114 cm³/mol. The summed E-state index contributed by atoms with van der Waals surface area (Å²) in [6.07, 6.45) is -3.94. The van der Waals surface area contributed by atoms with Crippen LogP contribution < -0.4 is 10.6 Å². The van der Waals surface area contributed by atoms with Crippen molar-refractivity contribution in [3.05, 3.63) is 0 Å². The summed E-state index contributed by atoms with van der Waals surface area (Å²) in [6, 6.07) is -2.06. The number of carbonyl (C=O) groups is 3. The van der Waals surface area contributed by atoms with Gasteiger partial charge in [0.15, 0.2) is 24.0 Å². The zero-order valence-corrected chi connectivity index (χ0v) is 20.4. The topological polar surface area (TPSA) is 142 Å². The summed E-state index contributed by atoms with van der Waals surface area (Å²) in [5, 5.41) is 14.6. The first-order valence-corrected chi connectivity index (χ1v) is 11.3. The van der Waals surface area contributed by atoms with E-state index in [1.54, 1.807) is 55.4 Å². The Hall–Kier alpha value is -1.79. The van der Waals surface area contributed by atoms with E-state index in [0.717, 1.165) is 0 Å². The maximum absolute atomic E-state index is 13.3. The number of hydrogen-bond donors (Lipinski definition) is 3. The molecule has 0 saturated carbocycles. The van der Waals surface area contributed by atoms with E-state index < -0.39 is 72.1 Å². The zero-order chi connectivity index (χ0) is 24.9. The molecular formula is C22H36N2O9. The monoisotopic (exact) mass is 472 g/mol. The van der Waals surface area contributed by atoms with Gasteiger partial charge in [-0.15, -0.1) is 0 Å². The van der Waals surface area contributed by atoms with Crippen LogP contribution in [0, 0.1) is 11.8 Å². The zero-order valence-electron chi connectivity index (χ0n) is 20.4. The van der Waals surface area contributed by atoms with Gasteiger partial charge in [0, 0.05) is 0 Å². The van der Waals surface area contributed by atoms with Gasteiger partial charge in [-0.25, -0.2) is 4.79 Å². The molecule has 0 aromatic carbocycles. The standard InChI is InChI=1S/C22H36N2O9/c1-9(2)11(17(25)24-12(10(3)4)19(27)28)23-18(26)15-13-14(31-21(5,6)30-13)16-20(29-15)33-22(7,8)32-16/h9-16,20H,1-8H3,(H,23,26)(H,24,25)(H,27,28)/t11-,12-,13+,14-,15+,16+,20+/m0/s1. The number of carbonyl (C=O) groups excluding carboxylic acids is 2. The van der Waals surface area contributed by atoms with E-state index in [-0.39, 0.29) is 11.8 Å². The van der Waals surface area contributed by atoms with Gasteiger partial charge in [0.2, 0.25) is 5.91 Å². The number of rotatable bonds is 7. The minimum absolute atomic E-state index is 0.315. The molecule has 3 aliphatic rings. The Morgan fingerprint density at radius 3 is 1.82 bits per heavy atom. The first-order valence-electron chi connectivity index (χ1n) is 11.3. The largest absolute Gasteiger partial charge is 0.480 e. The van der Waals surface area contributed by atoms with Crippen LogP contribution in [-0.2, 0) is 38.1 Å². The van der Waals surface area contributed by atoms with Crippen LogP contribution in [0.15, 0.2) is 0 Å². The first-order chi connectivity index (χ1) is 15.1. The predicted octanol–water partition coefficient (Wildman–Crippen LogP) is 0.749. The van der Waals surface area contributed by atoms with Gasteiger partial charge in [-0.3, -0.25) is 9.59 Å². The van der Waals surface area contributed by atoms with Crippen molar-refractivity contribution in [1.82, 2.24) is 10.6 Å². The van der Waals surface area contributed by atoms with Crippen molar-refractivity contribution in [2.45, 2.75) is 110 Å². The molecule has 3 saturated heterocycles. The molecule has 188 valence electrons. The van der Waals surface area contributed by atoms with Gasteiger partial charge in [-0.05, 0) is 39.5 Å². The van der Waals surface area contributed by atoms with Gasteiger partial charge >= 0.3 is 5.97 Å². The van der Waals surface area contributed by atoms with Crippen LogP contribution >= 0.6 is 0 Å². The van der Waals surface area contributed by atoms with Crippen molar-refractivity contribution in [3.63, 3.8) is 0 Å². The number of hydrogen-bond acceptors (Lipinski definition) is 8. The number of ether oxygens (including phenoxy) is 5. The van der Waals surface area contributed by atoms with E-state index in [1.807, 2.05) is 0 Å². The Bertz CT molecular complexity index is 782. The van der Waals surface area contributed by atoms with Gasteiger partial charge in [0.25, 0.3) is 5.91 Å². The second kappa shape index (κ2) is 9.10. The highest BCUT2D eigenvalue weighted by Gasteiger charge is 2.62. The van der Waals surface area contributed by atoms with Crippen molar-refractivity contribution in [1.29, 1.82) is 0 Å². The van der Waals surface area contributed by atoms with Crippen molar-refractivity contribution in [2.24, 2.45) is 11.8 Å². The summed E-state index contributed by atoms with van der Waals surface area (Å²) in [6.45, 7) is 13.9. The highest BCUT2D eigenvalue weighted by molar-refractivity contribution is 5.92. The molecule has 3 rings (SSSR count). The summed E-state index contributed by atoms with van der Waals surface area (Å²) in [7, 11) is 0. The molecule has 3 heterocycles. The van der Waals surface area contributed by atoms with Gasteiger partial charge in [0.1, 0.15) is 30.4 Å². The Kier molecular flexibility index (Phi) is 7.12. The Balaban J connectivity index is 1.78. The summed E-state index contributed by atoms with van der Waals surface area (Å²) in [5.74, 6) is -4.85. The molecule has 11 heteroatoms. The molecule has 0 aromatic rings. The SMILES string of the molecule is CC(C)[C@H](NC(=O)[C@@H](NC(=O)[C@@H]1O[C@@H]2OC(C)(C)O[C@@H]2[C@H]2OC(C)(C)O[C@H]21)C(C)C)C(=O)O. The fraction of sp³-hybridized carbons (Fsp3) is 0.864. The van der Waals surface area contributed by atoms with Crippen LogP contribution in [0.2, 0.25) is 0 Å². The van der Waals surface area contributed by atoms with E-state index in [9.17, 15) is 19.5 Å². The molecule has 3 fully saturated rings. The summed E-state index contributed by atoms with van der Waals surface area (Å²) >= 11 is 0. The highest BCUT2D eigenvalue weighted by atomic mass is 16.9. The molecule has 0 aliphatic carbocycles. The number of carboxylic acid groups (broad SMARTS) is 1. The molecule has 0 unspecified atom stereocenters. The van der Waals surface area contributed by atoms with E-state index in [4.69, 9.17) is 23.7 Å². The third kappa shape index (κ3) is 5.48. The molecule has 0 spiro atoms. The molecule has 0 radical (unpaired) electrons. The molecule has 33 heavy (non-hydrogen) atoms. The van der Waals surface area contributed by atoms with Crippen molar-refractivity contribution in [3.8, 4) is 0 Å². The lowest BCUT2D eigenvalue weighted by atomic mass is 9.96. The van der Waals surface area contributed by atoms with Crippen molar-refractivity contribution >= 4 is 17.8 Å². The van der Waals surface area contributed by atoms with Crippen LogP contribution in [-0.4, -0.2) is 77.3 Å². The summed E-state index contributed by atoms with van der Waals surface area (Å²) < 4.78 is 29.7. The van der Waals surface area contributed by atoms with Crippen LogP contribution in [0.25, 0.3) is 0 Å². The number of carboxylic acids is 1. The number of amides is 2. The lowest BCUT2D eigenvalue weighted by Gasteiger charge is -2.37. The average molecular weight is 473 g/mol. The fourth-order valence-electron chi connectivity index (χ4n) is 4.35. The normalized spacial score (nSPS) is 33.8. The molecule has 0 aromatic heterocycles. The Morgan fingerprint density at radius 1 is 0.758 bits per heavy atom. The third-order valence-electron chi connectivity index (χ3n) is 5.89. The smallest absolute Gasteiger partial charge is 0.326 e.